The fourth-order valence-electron chi connectivity index (χ4n) is 1.76. The maximum atomic E-state index is 11.8. The highest BCUT2D eigenvalue weighted by Gasteiger charge is 2.42. The van der Waals surface area contributed by atoms with Crippen LogP contribution in [-0.4, -0.2) is 47.1 Å². The molecular formula is C13H10N4O4. The van der Waals surface area contributed by atoms with Gasteiger partial charge in [-0.15, -0.1) is 0 Å². The lowest BCUT2D eigenvalue weighted by Crippen LogP contribution is -2.38. The highest BCUT2D eigenvalue weighted by molar-refractivity contribution is 6.44. The van der Waals surface area contributed by atoms with Crippen molar-refractivity contribution in [2.45, 2.75) is 0 Å². The SMILES string of the molecule is CN1C(=O)C(=O)N(CC(=O)Nc2cccc(C#N)c2)C1=O. The Hall–Kier alpha value is -3.21. The number of amides is 5. The summed E-state index contributed by atoms with van der Waals surface area (Å²) in [5, 5.41) is 11.2. The van der Waals surface area contributed by atoms with Crippen molar-refractivity contribution >= 4 is 29.4 Å². The fraction of sp³-hybridized carbons (Fsp3) is 0.154. The van der Waals surface area contributed by atoms with Crippen LogP contribution in [0.15, 0.2) is 24.3 Å². The van der Waals surface area contributed by atoms with Gasteiger partial charge in [-0.2, -0.15) is 5.26 Å². The smallest absolute Gasteiger partial charge is 0.324 e. The van der Waals surface area contributed by atoms with Crippen molar-refractivity contribution in [3.05, 3.63) is 29.8 Å². The van der Waals surface area contributed by atoms with E-state index in [0.29, 0.717) is 21.1 Å². The molecule has 21 heavy (non-hydrogen) atoms. The van der Waals surface area contributed by atoms with Gasteiger partial charge in [0.2, 0.25) is 5.91 Å². The van der Waals surface area contributed by atoms with Gasteiger partial charge < -0.3 is 5.32 Å². The molecule has 2 rings (SSSR count). The summed E-state index contributed by atoms with van der Waals surface area (Å²) in [6.45, 7) is -0.565. The Bertz CT molecular complexity index is 692. The van der Waals surface area contributed by atoms with E-state index < -0.39 is 30.3 Å². The number of urea groups is 1. The molecule has 1 aliphatic heterocycles. The summed E-state index contributed by atoms with van der Waals surface area (Å²) in [6.07, 6.45) is 0. The van der Waals surface area contributed by atoms with Crippen LogP contribution in [-0.2, 0) is 14.4 Å². The number of nitriles is 1. The summed E-state index contributed by atoms with van der Waals surface area (Å²) in [4.78, 5) is 47.4. The van der Waals surface area contributed by atoms with E-state index in [1.165, 1.54) is 6.07 Å². The molecule has 1 saturated heterocycles. The fourth-order valence-corrected chi connectivity index (χ4v) is 1.76. The molecule has 0 unspecified atom stereocenters. The number of hydrogen-bond donors (Lipinski definition) is 1. The highest BCUT2D eigenvalue weighted by Crippen LogP contribution is 2.12. The molecule has 1 aromatic rings. The number of benzene rings is 1. The average Bonchev–Trinajstić information content (AvgIpc) is 2.65. The number of likely N-dealkylation sites (N-methyl/N-ethyl adjacent to an activating group) is 1. The lowest BCUT2D eigenvalue weighted by molar-refractivity contribution is -0.143. The minimum absolute atomic E-state index is 0.357. The van der Waals surface area contributed by atoms with Gasteiger partial charge in [0.25, 0.3) is 0 Å². The van der Waals surface area contributed by atoms with Crippen molar-refractivity contribution in [2.24, 2.45) is 0 Å². The highest BCUT2D eigenvalue weighted by atomic mass is 16.2. The first-order chi connectivity index (χ1) is 9.93. The van der Waals surface area contributed by atoms with Crippen LogP contribution < -0.4 is 5.32 Å². The molecule has 106 valence electrons. The van der Waals surface area contributed by atoms with E-state index in [1.54, 1.807) is 18.2 Å². The number of carbonyl (C=O) groups excluding carboxylic acids is 4. The van der Waals surface area contributed by atoms with Crippen LogP contribution in [0.25, 0.3) is 0 Å². The van der Waals surface area contributed by atoms with E-state index in [4.69, 9.17) is 5.26 Å². The van der Waals surface area contributed by atoms with Crippen LogP contribution >= 0.6 is 0 Å². The molecular weight excluding hydrogens is 276 g/mol. The minimum atomic E-state index is -1.04. The maximum absolute atomic E-state index is 11.8. The lowest BCUT2D eigenvalue weighted by Gasteiger charge is -2.12. The minimum Gasteiger partial charge on any atom is -0.324 e. The molecule has 8 nitrogen and oxygen atoms in total. The number of nitrogens with zero attached hydrogens (tertiary/aromatic N) is 3. The van der Waals surface area contributed by atoms with Crippen molar-refractivity contribution in [3.63, 3.8) is 0 Å². The summed E-state index contributed by atoms with van der Waals surface area (Å²) in [5.74, 6) is -2.66. The molecule has 0 aromatic heterocycles. The zero-order chi connectivity index (χ0) is 15.6. The van der Waals surface area contributed by atoms with Crippen LogP contribution in [0.2, 0.25) is 0 Å². The number of carbonyl (C=O) groups is 4. The molecule has 0 aliphatic carbocycles. The van der Waals surface area contributed by atoms with Crippen LogP contribution in [0.5, 0.6) is 0 Å². The second-order valence-electron chi connectivity index (χ2n) is 4.28. The van der Waals surface area contributed by atoms with Gasteiger partial charge in [0, 0.05) is 12.7 Å². The number of nitrogens with one attached hydrogen (secondary N) is 1. The van der Waals surface area contributed by atoms with Crippen molar-refractivity contribution in [1.82, 2.24) is 9.80 Å². The molecule has 5 amide bonds. The van der Waals surface area contributed by atoms with Gasteiger partial charge in [-0.1, -0.05) is 6.07 Å². The van der Waals surface area contributed by atoms with Crippen molar-refractivity contribution in [2.75, 3.05) is 18.9 Å². The summed E-state index contributed by atoms with van der Waals surface area (Å²) >= 11 is 0. The van der Waals surface area contributed by atoms with Crippen LogP contribution in [0.3, 0.4) is 0 Å². The summed E-state index contributed by atoms with van der Waals surface area (Å²) in [6, 6.07) is 7.23. The van der Waals surface area contributed by atoms with Crippen LogP contribution in [0, 0.1) is 11.3 Å². The second-order valence-corrected chi connectivity index (χ2v) is 4.28. The first-order valence-electron chi connectivity index (χ1n) is 5.87. The molecule has 1 aliphatic rings. The number of anilines is 1. The molecule has 1 heterocycles. The Labute approximate surface area is 119 Å². The third-order valence-electron chi connectivity index (χ3n) is 2.83. The van der Waals surface area contributed by atoms with Crippen molar-refractivity contribution in [3.8, 4) is 6.07 Å². The van der Waals surface area contributed by atoms with Gasteiger partial charge in [0.15, 0.2) is 0 Å². The third kappa shape index (κ3) is 2.71. The normalized spacial score (nSPS) is 14.4. The molecule has 0 atom stereocenters. The lowest BCUT2D eigenvalue weighted by atomic mass is 10.2. The first-order valence-corrected chi connectivity index (χ1v) is 5.87. The molecule has 0 spiro atoms. The van der Waals surface area contributed by atoms with E-state index in [0.717, 1.165) is 7.05 Å². The van der Waals surface area contributed by atoms with Crippen LogP contribution in [0.4, 0.5) is 10.5 Å². The molecule has 0 radical (unpaired) electrons. The predicted molar refractivity (Wildman–Crippen MR) is 69.7 cm³/mol. The standard InChI is InChI=1S/C13H10N4O4/c1-16-11(19)12(20)17(13(16)21)7-10(18)15-9-4-2-3-8(5-9)6-14/h2-5H,7H2,1H3,(H,15,18). The van der Waals surface area contributed by atoms with E-state index in [-0.39, 0.29) is 0 Å². The van der Waals surface area contributed by atoms with Gasteiger partial charge >= 0.3 is 17.8 Å². The van der Waals surface area contributed by atoms with E-state index in [1.807, 2.05) is 6.07 Å². The topological polar surface area (TPSA) is 111 Å². The summed E-state index contributed by atoms with van der Waals surface area (Å²) in [7, 11) is 1.16. The number of imide groups is 2. The van der Waals surface area contributed by atoms with Crippen molar-refractivity contribution in [1.29, 1.82) is 5.26 Å². The summed E-state index contributed by atoms with van der Waals surface area (Å²) < 4.78 is 0. The molecule has 0 bridgehead atoms. The Balaban J connectivity index is 2.05. The Kier molecular flexibility index (Phi) is 3.67. The van der Waals surface area contributed by atoms with Gasteiger partial charge in [0.05, 0.1) is 11.6 Å². The Morgan fingerprint density at radius 1 is 1.29 bits per heavy atom. The summed E-state index contributed by atoms with van der Waals surface area (Å²) in [5.41, 5.74) is 0.717. The van der Waals surface area contributed by atoms with E-state index in [9.17, 15) is 19.2 Å². The predicted octanol–water partition coefficient (Wildman–Crippen LogP) is -0.0826. The quantitative estimate of drug-likeness (QED) is 0.617. The molecule has 1 fully saturated rings. The van der Waals surface area contributed by atoms with Gasteiger partial charge in [-0.3, -0.25) is 19.3 Å². The molecule has 1 N–H and O–H groups in total. The molecule has 1 aromatic carbocycles. The zero-order valence-corrected chi connectivity index (χ0v) is 11.0. The van der Waals surface area contributed by atoms with E-state index in [2.05, 4.69) is 5.32 Å². The van der Waals surface area contributed by atoms with Crippen LogP contribution in [0.1, 0.15) is 5.56 Å². The zero-order valence-electron chi connectivity index (χ0n) is 11.0. The molecule has 0 saturated carbocycles. The number of rotatable bonds is 3. The monoisotopic (exact) mass is 286 g/mol. The largest absolute Gasteiger partial charge is 0.334 e. The number of hydrogen-bond acceptors (Lipinski definition) is 5. The Morgan fingerprint density at radius 2 is 2.00 bits per heavy atom. The first kappa shape index (κ1) is 14.2. The van der Waals surface area contributed by atoms with E-state index >= 15 is 0 Å². The average molecular weight is 286 g/mol. The van der Waals surface area contributed by atoms with Gasteiger partial charge in [-0.25, -0.2) is 9.69 Å². The van der Waals surface area contributed by atoms with Gasteiger partial charge in [-0.05, 0) is 18.2 Å². The molecule has 8 heteroatoms. The van der Waals surface area contributed by atoms with Crippen molar-refractivity contribution < 1.29 is 19.2 Å². The van der Waals surface area contributed by atoms with Gasteiger partial charge in [0.1, 0.15) is 6.54 Å². The Morgan fingerprint density at radius 3 is 2.57 bits per heavy atom. The third-order valence-corrected chi connectivity index (χ3v) is 2.83. The second kappa shape index (κ2) is 5.42. The maximum Gasteiger partial charge on any atom is 0.334 e.